The maximum Gasteiger partial charge on any atom is 0.494 e. The number of rotatable bonds is 3. The van der Waals surface area contributed by atoms with Crippen LogP contribution in [0.2, 0.25) is 0 Å². The van der Waals surface area contributed by atoms with E-state index in [-0.39, 0.29) is 29.2 Å². The standard InChI is InChI=1S/C24H37BN2O5/c1-17-16-26(13-14-27(17)21(29)30-22(2,3)4)20(28)15-18-9-11-19(12-10-18)25-31-23(5,6)24(7,8)32-25/h9-12,17H,13-16H2,1-8H3/t17-/m1/s1. The van der Waals surface area contributed by atoms with Crippen molar-refractivity contribution in [1.82, 2.24) is 9.80 Å². The van der Waals surface area contributed by atoms with Crippen molar-refractivity contribution >= 4 is 24.6 Å². The summed E-state index contributed by atoms with van der Waals surface area (Å²) in [4.78, 5) is 28.8. The summed E-state index contributed by atoms with van der Waals surface area (Å²) in [7, 11) is -0.411. The molecule has 2 heterocycles. The topological polar surface area (TPSA) is 68.3 Å². The summed E-state index contributed by atoms with van der Waals surface area (Å²) in [5.41, 5.74) is 0.585. The summed E-state index contributed by atoms with van der Waals surface area (Å²) in [6, 6.07) is 7.76. The van der Waals surface area contributed by atoms with Gasteiger partial charge in [-0.2, -0.15) is 0 Å². The minimum Gasteiger partial charge on any atom is -0.444 e. The van der Waals surface area contributed by atoms with E-state index in [9.17, 15) is 9.59 Å². The summed E-state index contributed by atoms with van der Waals surface area (Å²) in [5, 5.41) is 0. The molecule has 0 saturated carbocycles. The highest BCUT2D eigenvalue weighted by Gasteiger charge is 2.51. The van der Waals surface area contributed by atoms with Crippen molar-refractivity contribution in [3.63, 3.8) is 0 Å². The van der Waals surface area contributed by atoms with Gasteiger partial charge in [0.25, 0.3) is 0 Å². The minimum absolute atomic E-state index is 0.0593. The van der Waals surface area contributed by atoms with Crippen LogP contribution < -0.4 is 5.46 Å². The van der Waals surface area contributed by atoms with Crippen LogP contribution in [0.4, 0.5) is 4.79 Å². The van der Waals surface area contributed by atoms with E-state index in [1.165, 1.54) is 0 Å². The summed E-state index contributed by atoms with van der Waals surface area (Å²) in [6.45, 7) is 17.1. The van der Waals surface area contributed by atoms with E-state index in [2.05, 4.69) is 0 Å². The lowest BCUT2D eigenvalue weighted by Crippen LogP contribution is -2.56. The lowest BCUT2D eigenvalue weighted by molar-refractivity contribution is -0.133. The van der Waals surface area contributed by atoms with Gasteiger partial charge in [-0.05, 0) is 66.4 Å². The lowest BCUT2D eigenvalue weighted by atomic mass is 9.79. The first-order chi connectivity index (χ1) is 14.7. The zero-order chi connectivity index (χ0) is 23.9. The first-order valence-corrected chi connectivity index (χ1v) is 11.4. The predicted molar refractivity (Wildman–Crippen MR) is 125 cm³/mol. The van der Waals surface area contributed by atoms with Crippen LogP contribution in [-0.4, -0.2) is 71.4 Å². The van der Waals surface area contributed by atoms with Gasteiger partial charge in [-0.15, -0.1) is 0 Å². The number of hydrogen-bond donors (Lipinski definition) is 0. The van der Waals surface area contributed by atoms with Crippen molar-refractivity contribution in [2.45, 2.75) is 84.7 Å². The molecule has 1 aromatic rings. The number of carbonyl (C=O) groups excluding carboxylic acids is 2. The zero-order valence-corrected chi connectivity index (χ0v) is 20.7. The second kappa shape index (κ2) is 8.71. The molecule has 2 saturated heterocycles. The molecule has 3 rings (SSSR count). The first-order valence-electron chi connectivity index (χ1n) is 11.4. The Kier molecular flexibility index (Phi) is 6.69. The fourth-order valence-corrected chi connectivity index (χ4v) is 3.83. The Morgan fingerprint density at radius 2 is 1.62 bits per heavy atom. The molecule has 176 valence electrons. The van der Waals surface area contributed by atoms with Crippen LogP contribution in [0.25, 0.3) is 0 Å². The highest BCUT2D eigenvalue weighted by atomic mass is 16.7. The van der Waals surface area contributed by atoms with E-state index < -0.39 is 12.7 Å². The Morgan fingerprint density at radius 3 is 2.12 bits per heavy atom. The van der Waals surface area contributed by atoms with Crippen molar-refractivity contribution in [2.75, 3.05) is 19.6 Å². The normalized spacial score (nSPS) is 22.8. The highest BCUT2D eigenvalue weighted by Crippen LogP contribution is 2.36. The van der Waals surface area contributed by atoms with Crippen molar-refractivity contribution in [3.05, 3.63) is 29.8 Å². The van der Waals surface area contributed by atoms with E-state index in [4.69, 9.17) is 14.0 Å². The maximum atomic E-state index is 12.9. The number of hydrogen-bond acceptors (Lipinski definition) is 5. The minimum atomic E-state index is -0.532. The molecule has 0 spiro atoms. The Morgan fingerprint density at radius 1 is 1.06 bits per heavy atom. The second-order valence-corrected chi connectivity index (χ2v) is 10.9. The largest absolute Gasteiger partial charge is 0.494 e. The molecule has 8 heteroatoms. The van der Waals surface area contributed by atoms with Crippen LogP contribution in [0, 0.1) is 0 Å². The van der Waals surface area contributed by atoms with Crippen molar-refractivity contribution in [1.29, 1.82) is 0 Å². The number of nitrogens with zero attached hydrogens (tertiary/aromatic N) is 2. The molecule has 1 aromatic carbocycles. The van der Waals surface area contributed by atoms with E-state index in [0.29, 0.717) is 26.1 Å². The first kappa shape index (κ1) is 24.6. The molecule has 0 bridgehead atoms. The average Bonchev–Trinajstić information content (AvgIpc) is 2.88. The highest BCUT2D eigenvalue weighted by molar-refractivity contribution is 6.62. The third kappa shape index (κ3) is 5.46. The van der Waals surface area contributed by atoms with E-state index in [1.807, 2.05) is 84.6 Å². The van der Waals surface area contributed by atoms with Crippen LogP contribution in [0.3, 0.4) is 0 Å². The molecule has 2 aliphatic heterocycles. The van der Waals surface area contributed by atoms with Gasteiger partial charge in [0.2, 0.25) is 5.91 Å². The van der Waals surface area contributed by atoms with Gasteiger partial charge in [-0.3, -0.25) is 4.79 Å². The van der Waals surface area contributed by atoms with Gasteiger partial charge in [-0.25, -0.2) is 4.79 Å². The number of ether oxygens (including phenoxy) is 1. The zero-order valence-electron chi connectivity index (χ0n) is 20.7. The van der Waals surface area contributed by atoms with E-state index in [0.717, 1.165) is 11.0 Å². The van der Waals surface area contributed by atoms with Gasteiger partial charge in [-0.1, -0.05) is 24.3 Å². The molecule has 0 N–H and O–H groups in total. The molecule has 0 unspecified atom stereocenters. The molecule has 32 heavy (non-hydrogen) atoms. The number of amides is 2. The SMILES string of the molecule is C[C@@H]1CN(C(=O)Cc2ccc(B3OC(C)(C)C(C)(C)O3)cc2)CCN1C(=O)OC(C)(C)C. The molecule has 2 aliphatic rings. The molecule has 7 nitrogen and oxygen atoms in total. The fourth-order valence-electron chi connectivity index (χ4n) is 3.83. The Labute approximate surface area is 192 Å². The van der Waals surface area contributed by atoms with Gasteiger partial charge < -0.3 is 23.8 Å². The van der Waals surface area contributed by atoms with Crippen LogP contribution in [0.5, 0.6) is 0 Å². The van der Waals surface area contributed by atoms with Crippen LogP contribution in [0.15, 0.2) is 24.3 Å². The lowest BCUT2D eigenvalue weighted by Gasteiger charge is -2.40. The summed E-state index contributed by atoms with van der Waals surface area (Å²) in [6.07, 6.45) is -0.00148. The predicted octanol–water partition coefficient (Wildman–Crippen LogP) is 3.00. The van der Waals surface area contributed by atoms with Gasteiger partial charge in [0, 0.05) is 25.7 Å². The molecule has 0 aliphatic carbocycles. The third-order valence-corrected chi connectivity index (χ3v) is 6.47. The number of benzene rings is 1. The molecule has 1 atom stereocenters. The van der Waals surface area contributed by atoms with E-state index >= 15 is 0 Å². The number of piperazine rings is 1. The Hall–Kier alpha value is -2.06. The van der Waals surface area contributed by atoms with Crippen LogP contribution >= 0.6 is 0 Å². The molecule has 2 fully saturated rings. The second-order valence-electron chi connectivity index (χ2n) is 10.9. The van der Waals surface area contributed by atoms with E-state index in [1.54, 1.807) is 4.90 Å². The third-order valence-electron chi connectivity index (χ3n) is 6.47. The van der Waals surface area contributed by atoms with Gasteiger partial charge >= 0.3 is 13.2 Å². The molecule has 0 radical (unpaired) electrons. The molecular weight excluding hydrogens is 407 g/mol. The quantitative estimate of drug-likeness (QED) is 0.671. The molecular formula is C24H37BN2O5. The summed E-state index contributed by atoms with van der Waals surface area (Å²) >= 11 is 0. The fraction of sp³-hybridized carbons (Fsp3) is 0.667. The Balaban J connectivity index is 1.55. The smallest absolute Gasteiger partial charge is 0.444 e. The van der Waals surface area contributed by atoms with Crippen LogP contribution in [0.1, 0.15) is 61.0 Å². The van der Waals surface area contributed by atoms with Crippen LogP contribution in [-0.2, 0) is 25.3 Å². The average molecular weight is 444 g/mol. The Bertz CT molecular complexity index is 831. The summed E-state index contributed by atoms with van der Waals surface area (Å²) < 4.78 is 17.7. The van der Waals surface area contributed by atoms with Gasteiger partial charge in [0.15, 0.2) is 0 Å². The number of carbonyl (C=O) groups is 2. The summed E-state index contributed by atoms with van der Waals surface area (Å²) in [5.74, 6) is 0.0593. The van der Waals surface area contributed by atoms with Crippen molar-refractivity contribution in [3.8, 4) is 0 Å². The molecule has 2 amide bonds. The monoisotopic (exact) mass is 444 g/mol. The van der Waals surface area contributed by atoms with Gasteiger partial charge in [0.05, 0.1) is 17.6 Å². The van der Waals surface area contributed by atoms with Crippen molar-refractivity contribution in [2.24, 2.45) is 0 Å². The maximum absolute atomic E-state index is 12.9. The molecule has 0 aromatic heterocycles. The van der Waals surface area contributed by atoms with Gasteiger partial charge in [0.1, 0.15) is 5.60 Å². The van der Waals surface area contributed by atoms with Crippen molar-refractivity contribution < 1.29 is 23.6 Å².